The Hall–Kier alpha value is -1.72. The Morgan fingerprint density at radius 3 is 2.55 bits per heavy atom. The van der Waals surface area contributed by atoms with Gasteiger partial charge in [0.25, 0.3) is 0 Å². The molecule has 1 fully saturated rings. The van der Waals surface area contributed by atoms with Gasteiger partial charge in [-0.2, -0.15) is 0 Å². The molecular formula is C14H14ClN3OS. The third-order valence-corrected chi connectivity index (χ3v) is 4.49. The second-order valence-electron chi connectivity index (χ2n) is 4.65. The van der Waals surface area contributed by atoms with E-state index in [0.717, 1.165) is 21.4 Å². The molecular weight excluding hydrogens is 294 g/mol. The maximum atomic E-state index is 12.4. The Morgan fingerprint density at radius 1 is 1.15 bits per heavy atom. The second-order valence-corrected chi connectivity index (χ2v) is 6.45. The number of anilines is 2. The van der Waals surface area contributed by atoms with E-state index in [1.807, 2.05) is 41.3 Å². The lowest BCUT2D eigenvalue weighted by Gasteiger charge is -2.18. The van der Waals surface area contributed by atoms with E-state index in [-0.39, 0.29) is 6.03 Å². The molecule has 1 aromatic carbocycles. The van der Waals surface area contributed by atoms with Crippen molar-refractivity contribution in [2.45, 2.75) is 6.54 Å². The van der Waals surface area contributed by atoms with Crippen molar-refractivity contribution in [3.8, 4) is 0 Å². The summed E-state index contributed by atoms with van der Waals surface area (Å²) in [4.78, 5) is 17.1. The second kappa shape index (κ2) is 5.34. The van der Waals surface area contributed by atoms with Crippen LogP contribution < -0.4 is 10.6 Å². The fourth-order valence-electron chi connectivity index (χ4n) is 2.25. The highest BCUT2D eigenvalue weighted by molar-refractivity contribution is 7.16. The van der Waals surface area contributed by atoms with Gasteiger partial charge in [0, 0.05) is 29.3 Å². The highest BCUT2D eigenvalue weighted by Crippen LogP contribution is 2.26. The van der Waals surface area contributed by atoms with Crippen molar-refractivity contribution < 1.29 is 4.79 Å². The number of rotatable bonds is 3. The van der Waals surface area contributed by atoms with E-state index in [0.29, 0.717) is 18.8 Å². The van der Waals surface area contributed by atoms with Crippen molar-refractivity contribution in [1.29, 1.82) is 0 Å². The van der Waals surface area contributed by atoms with E-state index in [4.69, 9.17) is 17.3 Å². The summed E-state index contributed by atoms with van der Waals surface area (Å²) in [6, 6.07) is 11.2. The first-order chi connectivity index (χ1) is 9.63. The molecule has 20 heavy (non-hydrogen) atoms. The van der Waals surface area contributed by atoms with Crippen molar-refractivity contribution >= 4 is 40.3 Å². The van der Waals surface area contributed by atoms with Gasteiger partial charge in [0.05, 0.1) is 10.9 Å². The minimum absolute atomic E-state index is 0.0271. The van der Waals surface area contributed by atoms with Crippen LogP contribution in [0.1, 0.15) is 4.88 Å². The van der Waals surface area contributed by atoms with Crippen LogP contribution in [0, 0.1) is 0 Å². The zero-order valence-corrected chi connectivity index (χ0v) is 12.3. The van der Waals surface area contributed by atoms with Crippen LogP contribution in [0.2, 0.25) is 4.34 Å². The Labute approximate surface area is 126 Å². The number of carbonyl (C=O) groups is 1. The van der Waals surface area contributed by atoms with Crippen LogP contribution in [0.15, 0.2) is 36.4 Å². The van der Waals surface area contributed by atoms with Crippen molar-refractivity contribution in [1.82, 2.24) is 4.90 Å². The molecule has 3 rings (SSSR count). The van der Waals surface area contributed by atoms with Gasteiger partial charge in [0.1, 0.15) is 0 Å². The summed E-state index contributed by atoms with van der Waals surface area (Å²) in [5.74, 6) is 0. The van der Waals surface area contributed by atoms with Gasteiger partial charge in [0.2, 0.25) is 0 Å². The molecule has 2 aromatic rings. The average Bonchev–Trinajstić information content (AvgIpc) is 2.99. The SMILES string of the molecule is Nc1ccc(N2CCN(Cc3ccc(Cl)s3)C2=O)cc1. The number of hydrogen-bond donors (Lipinski definition) is 1. The van der Waals surface area contributed by atoms with Gasteiger partial charge in [-0.3, -0.25) is 4.90 Å². The normalized spacial score (nSPS) is 15.2. The van der Waals surface area contributed by atoms with Crippen LogP contribution in [0.4, 0.5) is 16.2 Å². The first-order valence-corrected chi connectivity index (χ1v) is 7.49. The third kappa shape index (κ3) is 2.59. The highest BCUT2D eigenvalue weighted by atomic mass is 35.5. The largest absolute Gasteiger partial charge is 0.399 e. The molecule has 1 aromatic heterocycles. The highest BCUT2D eigenvalue weighted by Gasteiger charge is 2.29. The molecule has 1 saturated heterocycles. The van der Waals surface area contributed by atoms with Crippen molar-refractivity contribution in [2.75, 3.05) is 23.7 Å². The van der Waals surface area contributed by atoms with Crippen LogP contribution in [0.25, 0.3) is 0 Å². The van der Waals surface area contributed by atoms with E-state index in [1.54, 1.807) is 4.90 Å². The van der Waals surface area contributed by atoms with Crippen LogP contribution in [-0.4, -0.2) is 24.0 Å². The first-order valence-electron chi connectivity index (χ1n) is 6.30. The molecule has 104 valence electrons. The lowest BCUT2D eigenvalue weighted by molar-refractivity contribution is 0.219. The molecule has 1 aliphatic rings. The zero-order chi connectivity index (χ0) is 14.1. The standard InChI is InChI=1S/C14H14ClN3OS/c15-13-6-5-12(20-13)9-17-7-8-18(14(17)19)11-3-1-10(16)2-4-11/h1-6H,7-9,16H2. The molecule has 4 nitrogen and oxygen atoms in total. The molecule has 0 aliphatic carbocycles. The lowest BCUT2D eigenvalue weighted by atomic mass is 10.2. The smallest absolute Gasteiger partial charge is 0.324 e. The molecule has 2 N–H and O–H groups in total. The summed E-state index contributed by atoms with van der Waals surface area (Å²) in [7, 11) is 0. The number of halogens is 1. The van der Waals surface area contributed by atoms with Crippen LogP contribution >= 0.6 is 22.9 Å². The molecule has 0 unspecified atom stereocenters. The number of nitrogens with zero attached hydrogens (tertiary/aromatic N) is 2. The molecule has 0 radical (unpaired) electrons. The zero-order valence-electron chi connectivity index (χ0n) is 10.8. The van der Waals surface area contributed by atoms with Crippen molar-refractivity contribution in [3.63, 3.8) is 0 Å². The van der Waals surface area contributed by atoms with Crippen LogP contribution in [0.5, 0.6) is 0 Å². The van der Waals surface area contributed by atoms with E-state index in [9.17, 15) is 4.79 Å². The summed E-state index contributed by atoms with van der Waals surface area (Å²) in [5.41, 5.74) is 7.25. The number of amides is 2. The van der Waals surface area contributed by atoms with E-state index < -0.39 is 0 Å². The molecule has 0 atom stereocenters. The molecule has 0 saturated carbocycles. The molecule has 2 amide bonds. The van der Waals surface area contributed by atoms with E-state index >= 15 is 0 Å². The van der Waals surface area contributed by atoms with Crippen molar-refractivity contribution in [3.05, 3.63) is 45.6 Å². The third-order valence-electron chi connectivity index (χ3n) is 3.28. The number of urea groups is 1. The number of thiophene rings is 1. The van der Waals surface area contributed by atoms with Gasteiger partial charge in [-0.1, -0.05) is 11.6 Å². The quantitative estimate of drug-likeness (QED) is 0.883. The van der Waals surface area contributed by atoms with Gasteiger partial charge in [-0.05, 0) is 36.4 Å². The molecule has 6 heteroatoms. The van der Waals surface area contributed by atoms with E-state index in [2.05, 4.69) is 0 Å². The number of carbonyl (C=O) groups excluding carboxylic acids is 1. The Morgan fingerprint density at radius 2 is 1.90 bits per heavy atom. The van der Waals surface area contributed by atoms with Crippen molar-refractivity contribution in [2.24, 2.45) is 0 Å². The summed E-state index contributed by atoms with van der Waals surface area (Å²) in [5, 5.41) is 0. The number of nitrogens with two attached hydrogens (primary N) is 1. The predicted molar refractivity (Wildman–Crippen MR) is 83.3 cm³/mol. The Bertz CT molecular complexity index is 626. The molecule has 1 aliphatic heterocycles. The van der Waals surface area contributed by atoms with Gasteiger partial charge in [-0.25, -0.2) is 4.79 Å². The van der Waals surface area contributed by atoms with Crippen LogP contribution in [-0.2, 0) is 6.54 Å². The monoisotopic (exact) mass is 307 g/mol. The number of nitrogen functional groups attached to an aromatic ring is 1. The van der Waals surface area contributed by atoms with E-state index in [1.165, 1.54) is 11.3 Å². The Kier molecular flexibility index (Phi) is 3.54. The molecule has 0 bridgehead atoms. The minimum Gasteiger partial charge on any atom is -0.399 e. The lowest BCUT2D eigenvalue weighted by Crippen LogP contribution is -2.31. The average molecular weight is 308 g/mol. The first kappa shape index (κ1) is 13.3. The molecule has 2 heterocycles. The van der Waals surface area contributed by atoms with Gasteiger partial charge in [-0.15, -0.1) is 11.3 Å². The number of hydrogen-bond acceptors (Lipinski definition) is 3. The topological polar surface area (TPSA) is 49.6 Å². The van der Waals surface area contributed by atoms with Crippen LogP contribution in [0.3, 0.4) is 0 Å². The minimum atomic E-state index is 0.0271. The summed E-state index contributed by atoms with van der Waals surface area (Å²) in [6.07, 6.45) is 0. The fourth-order valence-corrected chi connectivity index (χ4v) is 3.35. The fraction of sp³-hybridized carbons (Fsp3) is 0.214. The molecule has 0 spiro atoms. The van der Waals surface area contributed by atoms with Gasteiger partial charge >= 0.3 is 6.03 Å². The summed E-state index contributed by atoms with van der Waals surface area (Å²) in [6.45, 7) is 2.03. The Balaban J connectivity index is 1.72. The predicted octanol–water partition coefficient (Wildman–Crippen LogP) is 3.43. The number of benzene rings is 1. The van der Waals surface area contributed by atoms with Gasteiger partial charge < -0.3 is 10.6 Å². The summed E-state index contributed by atoms with van der Waals surface area (Å²) >= 11 is 7.43. The summed E-state index contributed by atoms with van der Waals surface area (Å²) < 4.78 is 0.752. The maximum Gasteiger partial charge on any atom is 0.324 e. The maximum absolute atomic E-state index is 12.4. The van der Waals surface area contributed by atoms with Gasteiger partial charge in [0.15, 0.2) is 0 Å².